The number of hydrogen-bond donors (Lipinski definition) is 3. The summed E-state index contributed by atoms with van der Waals surface area (Å²) in [5.41, 5.74) is -0.943. The number of rotatable bonds is 2. The summed E-state index contributed by atoms with van der Waals surface area (Å²) in [5.74, 6) is -0.320. The fourth-order valence-corrected chi connectivity index (χ4v) is 9.16. The molecule has 4 fully saturated rings. The van der Waals surface area contributed by atoms with Crippen LogP contribution in [0, 0.1) is 34.5 Å². The average Bonchev–Trinajstić information content (AvgIpc) is 3.32. The molecule has 3 N–H and O–H groups in total. The van der Waals surface area contributed by atoms with E-state index in [1.807, 2.05) is 26.8 Å². The molecule has 1 spiro atoms. The Morgan fingerprint density at radius 2 is 1.86 bits per heavy atom. The molecule has 206 valence electrons. The van der Waals surface area contributed by atoms with Gasteiger partial charge in [0, 0.05) is 12.0 Å². The molecule has 37 heavy (non-hydrogen) atoms. The van der Waals surface area contributed by atoms with Crippen LogP contribution >= 0.6 is 0 Å². The van der Waals surface area contributed by atoms with E-state index < -0.39 is 41.2 Å². The summed E-state index contributed by atoms with van der Waals surface area (Å²) in [6.45, 7) is 12.7. The van der Waals surface area contributed by atoms with Crippen molar-refractivity contribution >= 4 is 6.09 Å². The van der Waals surface area contributed by atoms with Gasteiger partial charge in [-0.3, -0.25) is 0 Å². The molecule has 1 amide bonds. The van der Waals surface area contributed by atoms with Crippen molar-refractivity contribution in [1.82, 2.24) is 5.32 Å². The van der Waals surface area contributed by atoms with Crippen molar-refractivity contribution in [3.8, 4) is 0 Å². The van der Waals surface area contributed by atoms with E-state index in [0.717, 1.165) is 43.3 Å². The van der Waals surface area contributed by atoms with E-state index in [1.54, 1.807) is 0 Å². The second kappa shape index (κ2) is 8.30. The van der Waals surface area contributed by atoms with Gasteiger partial charge < -0.3 is 29.7 Å². The molecular formula is C30H45NO6. The molecule has 1 aliphatic heterocycles. The summed E-state index contributed by atoms with van der Waals surface area (Å²) in [7, 11) is 0. The fourth-order valence-electron chi connectivity index (χ4n) is 9.16. The molecule has 0 radical (unpaired) electrons. The highest BCUT2D eigenvalue weighted by Gasteiger charge is 2.77. The number of aliphatic hydroxyl groups is 2. The Balaban J connectivity index is 1.43. The van der Waals surface area contributed by atoms with Gasteiger partial charge in [0.25, 0.3) is 0 Å². The predicted molar refractivity (Wildman–Crippen MR) is 138 cm³/mol. The van der Waals surface area contributed by atoms with E-state index in [-0.39, 0.29) is 23.3 Å². The average molecular weight is 516 g/mol. The highest BCUT2D eigenvalue weighted by atomic mass is 16.7. The molecule has 3 saturated carbocycles. The number of carbonyl (C=O) groups is 1. The topological polar surface area (TPSA) is 97.2 Å². The lowest BCUT2D eigenvalue weighted by molar-refractivity contribution is -0.312. The van der Waals surface area contributed by atoms with Crippen LogP contribution < -0.4 is 5.32 Å². The normalized spacial score (nSPS) is 47.7. The maximum atomic E-state index is 13.2. The molecule has 2 bridgehead atoms. The van der Waals surface area contributed by atoms with E-state index in [9.17, 15) is 15.0 Å². The number of hydrogen-bond acceptors (Lipinski definition) is 6. The number of alkyl carbamates (subject to hydrolysis) is 1. The lowest BCUT2D eigenvalue weighted by Gasteiger charge is -2.55. The van der Waals surface area contributed by atoms with Gasteiger partial charge in [0.1, 0.15) is 11.7 Å². The third kappa shape index (κ3) is 3.56. The molecule has 9 atom stereocenters. The highest BCUT2D eigenvalue weighted by Crippen LogP contribution is 2.73. The molecule has 5 aliphatic carbocycles. The summed E-state index contributed by atoms with van der Waals surface area (Å²) in [5, 5.41) is 28.4. The zero-order valence-corrected chi connectivity index (χ0v) is 23.3. The smallest absolute Gasteiger partial charge is 0.408 e. The Morgan fingerprint density at radius 1 is 1.16 bits per heavy atom. The summed E-state index contributed by atoms with van der Waals surface area (Å²) in [4.78, 5) is 13.2. The summed E-state index contributed by atoms with van der Waals surface area (Å²) in [6.07, 6.45) is 7.32. The van der Waals surface area contributed by atoms with Crippen molar-refractivity contribution in [1.29, 1.82) is 0 Å². The third-order valence-corrected chi connectivity index (χ3v) is 11.1. The van der Waals surface area contributed by atoms with Gasteiger partial charge >= 0.3 is 6.09 Å². The second-order valence-corrected chi connectivity index (χ2v) is 14.0. The van der Waals surface area contributed by atoms with Crippen LogP contribution in [0.3, 0.4) is 0 Å². The Bertz CT molecular complexity index is 1030. The first-order valence-electron chi connectivity index (χ1n) is 14.4. The first-order valence-corrected chi connectivity index (χ1v) is 14.4. The minimum absolute atomic E-state index is 0.0426. The zero-order chi connectivity index (χ0) is 26.5. The van der Waals surface area contributed by atoms with Gasteiger partial charge in [-0.25, -0.2) is 4.79 Å². The van der Waals surface area contributed by atoms with Crippen molar-refractivity contribution in [3.05, 3.63) is 23.3 Å². The Labute approximate surface area is 221 Å². The maximum absolute atomic E-state index is 13.2. The number of fused-ring (bicyclic) bond motifs is 5. The molecule has 7 heteroatoms. The van der Waals surface area contributed by atoms with Crippen LogP contribution in [-0.2, 0) is 14.2 Å². The van der Waals surface area contributed by atoms with Crippen LogP contribution in [0.25, 0.3) is 0 Å². The van der Waals surface area contributed by atoms with Gasteiger partial charge in [0.05, 0.1) is 18.1 Å². The monoisotopic (exact) mass is 515 g/mol. The van der Waals surface area contributed by atoms with Crippen LogP contribution in [0.5, 0.6) is 0 Å². The van der Waals surface area contributed by atoms with E-state index in [0.29, 0.717) is 18.4 Å². The quantitative estimate of drug-likeness (QED) is 0.470. The first-order chi connectivity index (χ1) is 17.3. The van der Waals surface area contributed by atoms with Crippen LogP contribution in [-0.4, -0.2) is 58.7 Å². The number of amides is 1. The first kappa shape index (κ1) is 25.8. The van der Waals surface area contributed by atoms with Gasteiger partial charge in [-0.15, -0.1) is 0 Å². The lowest BCUT2D eigenvalue weighted by atomic mass is 9.58. The molecule has 0 aromatic heterocycles. The number of carbonyl (C=O) groups excluding carboxylic acids is 1. The summed E-state index contributed by atoms with van der Waals surface area (Å²) < 4.78 is 18.7. The largest absolute Gasteiger partial charge is 0.438 e. The summed E-state index contributed by atoms with van der Waals surface area (Å²) >= 11 is 0. The number of aliphatic hydroxyl groups excluding tert-OH is 1. The van der Waals surface area contributed by atoms with E-state index in [4.69, 9.17) is 14.2 Å². The van der Waals surface area contributed by atoms with Crippen LogP contribution in [0.4, 0.5) is 4.79 Å². The van der Waals surface area contributed by atoms with Gasteiger partial charge in [0.2, 0.25) is 0 Å². The molecule has 6 aliphatic rings. The molecular weight excluding hydrogens is 470 g/mol. The molecule has 1 saturated heterocycles. The molecule has 6 rings (SSSR count). The number of nitrogens with one attached hydrogen (secondary N) is 1. The van der Waals surface area contributed by atoms with Gasteiger partial charge in [0.15, 0.2) is 11.9 Å². The van der Waals surface area contributed by atoms with Crippen molar-refractivity contribution in [2.45, 2.75) is 116 Å². The van der Waals surface area contributed by atoms with E-state index >= 15 is 0 Å². The molecule has 0 aromatic carbocycles. The Morgan fingerprint density at radius 3 is 2.57 bits per heavy atom. The minimum Gasteiger partial charge on any atom is -0.438 e. The van der Waals surface area contributed by atoms with Crippen molar-refractivity contribution < 1.29 is 29.2 Å². The molecule has 1 heterocycles. The SMILES string of the molecule is CC1=C[C@]23C(O)[C@@H](C=C4COC(C)(C)O[C@H]4[C@]2(O)[C@H]1OC(=O)NC1CCCCC1)[C@H]1[C@@H](C[C@H]3C)C1(C)C. The van der Waals surface area contributed by atoms with Gasteiger partial charge in [-0.2, -0.15) is 0 Å². The van der Waals surface area contributed by atoms with Crippen LogP contribution in [0.1, 0.15) is 80.1 Å². The van der Waals surface area contributed by atoms with Crippen LogP contribution in [0.15, 0.2) is 23.3 Å². The predicted octanol–water partition coefficient (Wildman–Crippen LogP) is 4.47. The molecule has 1 unspecified atom stereocenters. The second-order valence-electron chi connectivity index (χ2n) is 14.0. The minimum atomic E-state index is -1.66. The molecule has 7 nitrogen and oxygen atoms in total. The van der Waals surface area contributed by atoms with Crippen molar-refractivity contribution in [2.24, 2.45) is 34.5 Å². The Kier molecular flexibility index (Phi) is 5.79. The fraction of sp³-hybridized carbons (Fsp3) is 0.833. The van der Waals surface area contributed by atoms with Gasteiger partial charge in [-0.05, 0) is 74.3 Å². The third-order valence-electron chi connectivity index (χ3n) is 11.1. The van der Waals surface area contributed by atoms with Gasteiger partial charge in [-0.1, -0.05) is 52.2 Å². The standard InChI is InChI=1S/C30H45NO6/c1-16-14-29-17(2)12-21-22(27(21,3)4)20(23(29)32)13-18-15-35-28(5,6)37-25(18)30(29,34)24(16)36-26(33)31-19-10-8-7-9-11-19/h13-14,17,19-25,32,34H,7-12,15H2,1-6H3,(H,31,33)/t17-,20+,21-,22+,23?,24+,25-,29+,30-/m1/s1. The summed E-state index contributed by atoms with van der Waals surface area (Å²) in [6, 6.07) is 0.0968. The van der Waals surface area contributed by atoms with E-state index in [2.05, 4.69) is 32.2 Å². The van der Waals surface area contributed by atoms with Crippen LogP contribution in [0.2, 0.25) is 0 Å². The Hall–Kier alpha value is -1.41. The van der Waals surface area contributed by atoms with Crippen molar-refractivity contribution in [3.63, 3.8) is 0 Å². The highest BCUT2D eigenvalue weighted by molar-refractivity contribution is 5.69. The molecule has 0 aromatic rings. The van der Waals surface area contributed by atoms with E-state index in [1.165, 1.54) is 6.42 Å². The maximum Gasteiger partial charge on any atom is 0.408 e. The zero-order valence-electron chi connectivity index (χ0n) is 23.3. The number of ether oxygens (including phenoxy) is 3. The van der Waals surface area contributed by atoms with Crippen molar-refractivity contribution in [2.75, 3.05) is 6.61 Å². The lowest BCUT2D eigenvalue weighted by Crippen LogP contribution is -2.69.